The fourth-order valence-corrected chi connectivity index (χ4v) is 5.68. The Balaban J connectivity index is 0.000000353. The van der Waals surface area contributed by atoms with Gasteiger partial charge in [-0.05, 0) is 56.0 Å². The van der Waals surface area contributed by atoms with E-state index in [2.05, 4.69) is 67.0 Å². The molecule has 1 saturated carbocycles. The van der Waals surface area contributed by atoms with Crippen molar-refractivity contribution in [1.29, 1.82) is 0 Å². The van der Waals surface area contributed by atoms with Gasteiger partial charge in [-0.3, -0.25) is 0 Å². The number of aromatic nitrogens is 5. The maximum Gasteiger partial charge on any atom is 0.490 e. The minimum atomic E-state index is -5.08. The van der Waals surface area contributed by atoms with Crippen LogP contribution in [0.1, 0.15) is 38.5 Å². The van der Waals surface area contributed by atoms with Gasteiger partial charge in [0.1, 0.15) is 12.7 Å². The summed E-state index contributed by atoms with van der Waals surface area (Å²) >= 11 is 0. The van der Waals surface area contributed by atoms with Crippen LogP contribution in [0.15, 0.2) is 79.5 Å². The van der Waals surface area contributed by atoms with Gasteiger partial charge in [-0.15, -0.1) is 0 Å². The molecule has 2 aromatic heterocycles. The van der Waals surface area contributed by atoms with Gasteiger partial charge in [0.25, 0.3) is 0 Å². The van der Waals surface area contributed by atoms with E-state index in [0.717, 1.165) is 42.4 Å². The summed E-state index contributed by atoms with van der Waals surface area (Å²) in [5.41, 5.74) is 4.36. The maximum absolute atomic E-state index is 10.6. The van der Waals surface area contributed by atoms with Gasteiger partial charge in [-0.25, -0.2) is 29.2 Å². The van der Waals surface area contributed by atoms with E-state index >= 15 is 0 Å². The Kier molecular flexibility index (Phi) is 13.3. The summed E-state index contributed by atoms with van der Waals surface area (Å²) in [6.45, 7) is 2.11. The van der Waals surface area contributed by atoms with Crippen molar-refractivity contribution in [3.8, 4) is 16.9 Å². The fourth-order valence-electron chi connectivity index (χ4n) is 5.68. The van der Waals surface area contributed by atoms with Gasteiger partial charge in [0.15, 0.2) is 0 Å². The standard InChI is InChI=1S/C29H34N8.2C2HF3O2/c1-2-7-22(8-3-1)26-16-17-31-29(34-26)35-28-11-5-4-10-27(28)33-23-9-6-18-36(19-23)24-12-14-25(15-13-24)37-21-30-20-32-37;2*3-2(4,5)1(6)7/h1-3,7-8,12-17,20-21,23,27-28,33H,4-6,9-11,18-19H2,(H,31,34,35);2*(H,6,7)/t23-,27+,28+;;/m0../s1. The molecule has 3 atom stereocenters. The lowest BCUT2D eigenvalue weighted by Crippen LogP contribution is -2.55. The van der Waals surface area contributed by atoms with Crippen LogP contribution in [0.5, 0.6) is 0 Å². The van der Waals surface area contributed by atoms with E-state index in [0.29, 0.717) is 18.1 Å². The molecule has 3 heterocycles. The molecule has 4 aromatic rings. The largest absolute Gasteiger partial charge is 0.490 e. The van der Waals surface area contributed by atoms with Crippen LogP contribution in [0, 0.1) is 0 Å². The zero-order valence-electron chi connectivity index (χ0n) is 27.1. The predicted molar refractivity (Wildman–Crippen MR) is 174 cm³/mol. The number of nitrogens with one attached hydrogen (secondary N) is 2. The topological polar surface area (TPSA) is 158 Å². The number of hydrogen-bond acceptors (Lipinski definition) is 9. The normalized spacial score (nSPS) is 19.1. The van der Waals surface area contributed by atoms with Crippen molar-refractivity contribution in [2.24, 2.45) is 0 Å². The molecule has 2 aliphatic rings. The molecule has 2 fully saturated rings. The molecular weight excluding hydrogens is 686 g/mol. The van der Waals surface area contributed by atoms with E-state index in [1.807, 2.05) is 30.5 Å². The first kappa shape index (κ1) is 38.5. The Labute approximate surface area is 288 Å². The van der Waals surface area contributed by atoms with Crippen LogP contribution in [0.4, 0.5) is 38.0 Å². The molecule has 51 heavy (non-hydrogen) atoms. The van der Waals surface area contributed by atoms with E-state index < -0.39 is 24.3 Å². The zero-order chi connectivity index (χ0) is 37.0. The number of hydrogen-bond donors (Lipinski definition) is 4. The molecular formula is C33H36F6N8O4. The summed E-state index contributed by atoms with van der Waals surface area (Å²) in [6.07, 6.45) is 2.20. The third-order valence-corrected chi connectivity index (χ3v) is 8.06. The first-order valence-corrected chi connectivity index (χ1v) is 15.9. The van der Waals surface area contributed by atoms with Crippen molar-refractivity contribution >= 4 is 23.6 Å². The summed E-state index contributed by atoms with van der Waals surface area (Å²) in [7, 11) is 0. The second-order valence-corrected chi connectivity index (χ2v) is 11.7. The van der Waals surface area contributed by atoms with Crippen molar-refractivity contribution in [2.45, 2.75) is 69.0 Å². The van der Waals surface area contributed by atoms with Gasteiger partial charge < -0.3 is 25.7 Å². The molecule has 18 heteroatoms. The molecule has 0 spiro atoms. The monoisotopic (exact) mass is 722 g/mol. The number of piperidine rings is 1. The van der Waals surface area contributed by atoms with E-state index in [1.165, 1.54) is 37.8 Å². The Bertz CT molecular complexity index is 1650. The lowest BCUT2D eigenvalue weighted by molar-refractivity contribution is -0.193. The molecule has 12 nitrogen and oxygen atoms in total. The van der Waals surface area contributed by atoms with Crippen LogP contribution in [-0.2, 0) is 9.59 Å². The second-order valence-electron chi connectivity index (χ2n) is 11.7. The summed E-state index contributed by atoms with van der Waals surface area (Å²) in [4.78, 5) is 33.7. The van der Waals surface area contributed by atoms with E-state index in [9.17, 15) is 26.3 Å². The first-order valence-electron chi connectivity index (χ1n) is 15.9. The van der Waals surface area contributed by atoms with Crippen molar-refractivity contribution in [2.75, 3.05) is 23.3 Å². The molecule has 0 unspecified atom stereocenters. The Morgan fingerprint density at radius 3 is 1.98 bits per heavy atom. The predicted octanol–water partition coefficient (Wildman–Crippen LogP) is 5.97. The molecule has 6 rings (SSSR count). The Morgan fingerprint density at radius 1 is 0.784 bits per heavy atom. The van der Waals surface area contributed by atoms with Crippen LogP contribution in [0.3, 0.4) is 0 Å². The third-order valence-electron chi connectivity index (χ3n) is 8.06. The van der Waals surface area contributed by atoms with Crippen LogP contribution < -0.4 is 15.5 Å². The molecule has 1 aliphatic heterocycles. The summed E-state index contributed by atoms with van der Waals surface area (Å²) in [5, 5.41) is 26.2. The summed E-state index contributed by atoms with van der Waals surface area (Å²) < 4.78 is 65.3. The molecule has 0 bridgehead atoms. The van der Waals surface area contributed by atoms with Crippen LogP contribution in [0.2, 0.25) is 0 Å². The molecule has 274 valence electrons. The number of benzene rings is 2. The Morgan fingerprint density at radius 2 is 1.39 bits per heavy atom. The number of nitrogens with zero attached hydrogens (tertiary/aromatic N) is 6. The molecule has 1 saturated heterocycles. The number of carboxylic acid groups (broad SMARTS) is 2. The summed E-state index contributed by atoms with van der Waals surface area (Å²) in [5.74, 6) is -4.79. The highest BCUT2D eigenvalue weighted by Crippen LogP contribution is 2.26. The number of rotatable bonds is 7. The molecule has 0 radical (unpaired) electrons. The average Bonchev–Trinajstić information content (AvgIpc) is 3.65. The number of anilines is 2. The zero-order valence-corrected chi connectivity index (χ0v) is 27.1. The fraction of sp³-hybridized carbons (Fsp3) is 0.394. The highest BCUT2D eigenvalue weighted by molar-refractivity contribution is 5.73. The number of alkyl halides is 6. The number of halogens is 6. The lowest BCUT2D eigenvalue weighted by atomic mass is 9.89. The quantitative estimate of drug-likeness (QED) is 0.167. The molecule has 1 aliphatic carbocycles. The highest BCUT2D eigenvalue weighted by atomic mass is 19.4. The van der Waals surface area contributed by atoms with Gasteiger partial charge in [-0.2, -0.15) is 31.4 Å². The second kappa shape index (κ2) is 17.6. The van der Waals surface area contributed by atoms with Crippen molar-refractivity contribution in [3.63, 3.8) is 0 Å². The molecule has 0 amide bonds. The lowest BCUT2D eigenvalue weighted by Gasteiger charge is -2.40. The smallest absolute Gasteiger partial charge is 0.475 e. The first-order chi connectivity index (χ1) is 24.2. The van der Waals surface area contributed by atoms with Crippen molar-refractivity contribution in [3.05, 3.63) is 79.5 Å². The van der Waals surface area contributed by atoms with Gasteiger partial charge in [0.05, 0.1) is 11.4 Å². The SMILES string of the molecule is O=C(O)C(F)(F)F.O=C(O)C(F)(F)F.c1ccc(-c2ccnc(N[C@@H]3CCCC[C@H]3N[C@H]3CCCN(c4ccc(-n5cncn5)cc4)C3)n2)cc1. The van der Waals surface area contributed by atoms with Crippen LogP contribution in [-0.4, -0.2) is 90.5 Å². The van der Waals surface area contributed by atoms with Gasteiger partial charge in [0.2, 0.25) is 5.95 Å². The van der Waals surface area contributed by atoms with Gasteiger partial charge in [0, 0.05) is 48.7 Å². The van der Waals surface area contributed by atoms with Crippen LogP contribution >= 0.6 is 0 Å². The number of aliphatic carboxylic acids is 2. The Hall–Kier alpha value is -5.26. The molecule has 2 aromatic carbocycles. The van der Waals surface area contributed by atoms with Crippen molar-refractivity contribution < 1.29 is 46.1 Å². The number of carboxylic acids is 2. The van der Waals surface area contributed by atoms with Gasteiger partial charge in [-0.1, -0.05) is 43.2 Å². The van der Waals surface area contributed by atoms with E-state index in [1.54, 1.807) is 17.3 Å². The number of carbonyl (C=O) groups is 2. The third kappa shape index (κ3) is 11.9. The van der Waals surface area contributed by atoms with Crippen molar-refractivity contribution in [1.82, 2.24) is 30.0 Å². The van der Waals surface area contributed by atoms with E-state index in [4.69, 9.17) is 24.8 Å². The maximum atomic E-state index is 10.6. The minimum absolute atomic E-state index is 0.331. The van der Waals surface area contributed by atoms with E-state index in [-0.39, 0.29) is 0 Å². The minimum Gasteiger partial charge on any atom is -0.475 e. The highest BCUT2D eigenvalue weighted by Gasteiger charge is 2.39. The summed E-state index contributed by atoms with van der Waals surface area (Å²) in [6, 6.07) is 22.1. The average molecular weight is 723 g/mol. The van der Waals surface area contributed by atoms with Gasteiger partial charge >= 0.3 is 24.3 Å². The molecule has 4 N–H and O–H groups in total. The van der Waals surface area contributed by atoms with Crippen LogP contribution in [0.25, 0.3) is 16.9 Å².